The third kappa shape index (κ3) is 4.34. The molecule has 0 saturated carbocycles. The van der Waals surface area contributed by atoms with Gasteiger partial charge in [0.2, 0.25) is 0 Å². The largest absolute Gasteiger partial charge is 0.508 e. The molecule has 0 fully saturated rings. The summed E-state index contributed by atoms with van der Waals surface area (Å²) in [5.74, 6) is -5.70. The van der Waals surface area contributed by atoms with E-state index in [-0.39, 0.29) is 0 Å². The lowest BCUT2D eigenvalue weighted by Crippen LogP contribution is -2.08. The first-order valence-corrected chi connectivity index (χ1v) is 7.67. The Hall–Kier alpha value is -2.90. The highest BCUT2D eigenvalue weighted by Crippen LogP contribution is 2.32. The molecule has 25 heavy (non-hydrogen) atoms. The van der Waals surface area contributed by atoms with Crippen LogP contribution in [-0.2, 0) is 10.4 Å². The second kappa shape index (κ2) is 6.92. The number of rotatable bonds is 5. The van der Waals surface area contributed by atoms with Crippen molar-refractivity contribution in [3.05, 3.63) is 89.5 Å². The normalized spacial score (nSPS) is 21.1. The summed E-state index contributed by atoms with van der Waals surface area (Å²) in [6, 6.07) is -12.5. The lowest BCUT2D eigenvalue weighted by molar-refractivity contribution is 0.386. The van der Waals surface area contributed by atoms with Crippen molar-refractivity contribution in [3.63, 3.8) is 0 Å². The van der Waals surface area contributed by atoms with E-state index in [1.807, 2.05) is 0 Å². The van der Waals surface area contributed by atoms with E-state index in [9.17, 15) is 14.9 Å². The Morgan fingerprint density at radius 3 is 2.20 bits per heavy atom. The van der Waals surface area contributed by atoms with Gasteiger partial charge in [0.1, 0.15) is 11.5 Å². The van der Waals surface area contributed by atoms with Crippen LogP contribution in [0.5, 0.6) is 11.5 Å². The minimum absolute atomic E-state index is 0.872. The van der Waals surface area contributed by atoms with Crippen LogP contribution in [0.4, 0.5) is 0 Å². The molecule has 1 aromatic heterocycles. The number of nitrogens with zero attached hydrogens (tertiary/aromatic N) is 1. The molecule has 0 bridgehead atoms. The summed E-state index contributed by atoms with van der Waals surface area (Å²) >= 11 is 0. The molecule has 0 saturated heterocycles. The number of aromatic nitrogens is 1. The number of phenolic OH excluding ortho intramolecular Hbond substituents is 1. The van der Waals surface area contributed by atoms with Crippen LogP contribution in [-0.4, -0.2) is 23.1 Å². The highest BCUT2D eigenvalue weighted by atomic mass is 32.3. The van der Waals surface area contributed by atoms with E-state index in [1.54, 1.807) is 0 Å². The molecule has 1 unspecified atom stereocenters. The molecule has 0 aliphatic heterocycles. The van der Waals surface area contributed by atoms with Gasteiger partial charge in [0.05, 0.1) is 28.0 Å². The maximum Gasteiger partial charge on any atom is 0.446 e. The Morgan fingerprint density at radius 2 is 1.60 bits per heavy atom. The van der Waals surface area contributed by atoms with Gasteiger partial charge in [-0.25, -0.2) is 0 Å². The number of aromatic hydroxyl groups is 1. The predicted molar refractivity (Wildman–Crippen MR) is 91.9 cm³/mol. The molecule has 1 atom stereocenters. The minimum atomic E-state index is -5.36. The van der Waals surface area contributed by atoms with Crippen molar-refractivity contribution in [2.75, 3.05) is 0 Å². The van der Waals surface area contributed by atoms with Crippen LogP contribution < -0.4 is 4.18 Å². The van der Waals surface area contributed by atoms with Gasteiger partial charge in [-0.1, -0.05) is 30.2 Å². The Kier molecular flexibility index (Phi) is 1.98. The maximum atomic E-state index is 11.2. The Labute approximate surface area is 163 Å². The molecule has 2 N–H and O–H groups in total. The number of pyridine rings is 1. The monoisotopic (exact) mass is 370 g/mol. The van der Waals surface area contributed by atoms with Crippen LogP contribution in [0.1, 0.15) is 40.5 Å². The highest BCUT2D eigenvalue weighted by Gasteiger charge is 2.18. The predicted octanol–water partition coefficient (Wildman–Crippen LogP) is 3.15. The molecule has 1 heterocycles. The molecule has 3 rings (SSSR count). The van der Waals surface area contributed by atoms with Crippen molar-refractivity contribution >= 4 is 10.4 Å². The Bertz CT molecular complexity index is 1570. The van der Waals surface area contributed by atoms with Crippen LogP contribution >= 0.6 is 0 Å². The zero-order valence-corrected chi connectivity index (χ0v) is 12.8. The Balaban J connectivity index is 2.69. The smallest absolute Gasteiger partial charge is 0.446 e. The molecule has 0 aliphatic carbocycles. The molecule has 0 amide bonds. The van der Waals surface area contributed by atoms with E-state index in [1.165, 1.54) is 0 Å². The summed E-state index contributed by atoms with van der Waals surface area (Å²) in [5, 5.41) is 9.98. The number of phenols is 1. The molecule has 128 valence electrons. The second-order valence-electron chi connectivity index (χ2n) is 4.26. The third-order valence-electron chi connectivity index (χ3n) is 2.61. The van der Waals surface area contributed by atoms with Crippen LogP contribution in [0.15, 0.2) is 72.6 Å². The van der Waals surface area contributed by atoms with Gasteiger partial charge in [0.15, 0.2) is 0 Å². The summed E-state index contributed by atoms with van der Waals surface area (Å²) in [6.45, 7) is 0. The summed E-state index contributed by atoms with van der Waals surface area (Å²) < 4.78 is 142. The molecule has 0 radical (unpaired) electrons. The molecular weight excluding hydrogens is 342 g/mol. The van der Waals surface area contributed by atoms with E-state index in [0.29, 0.717) is 0 Å². The molecule has 0 spiro atoms. The van der Waals surface area contributed by atoms with Crippen LogP contribution in [0.2, 0.25) is 0 Å². The van der Waals surface area contributed by atoms with Crippen molar-refractivity contribution in [1.82, 2.24) is 4.98 Å². The van der Waals surface area contributed by atoms with Gasteiger partial charge >= 0.3 is 10.4 Å². The zero-order valence-electron chi connectivity index (χ0n) is 25.0. The number of hydrogen-bond acceptors (Lipinski definition) is 5. The third-order valence-corrected chi connectivity index (χ3v) is 2.98. The van der Waals surface area contributed by atoms with E-state index >= 15 is 0 Å². The molecule has 7 heteroatoms. The van der Waals surface area contributed by atoms with Gasteiger partial charge in [-0.05, 0) is 47.4 Å². The first kappa shape index (κ1) is 7.15. The molecule has 0 aliphatic rings. The molecule has 2 aromatic carbocycles. The fourth-order valence-corrected chi connectivity index (χ4v) is 2.01. The summed E-state index contributed by atoms with van der Waals surface area (Å²) in [5.41, 5.74) is -3.24. The van der Waals surface area contributed by atoms with Crippen LogP contribution in [0, 0.1) is 0 Å². The van der Waals surface area contributed by atoms with Gasteiger partial charge in [-0.2, -0.15) is 8.42 Å². The van der Waals surface area contributed by atoms with E-state index in [2.05, 4.69) is 9.17 Å². The SMILES string of the molecule is [2H]c1nc(C([2H])(c2c([2H])c([2H])c(O)c([2H])c2[2H])c2c([2H])c([2H])c(OS(=O)(=O)O)c([2H])c2[2H])c([2H])c([2H])c1[2H]. The topological polar surface area (TPSA) is 96.7 Å². The zero-order chi connectivity index (χ0) is 29.2. The van der Waals surface area contributed by atoms with Crippen molar-refractivity contribution in [2.24, 2.45) is 0 Å². The minimum Gasteiger partial charge on any atom is -0.508 e. The van der Waals surface area contributed by atoms with E-state index < -0.39 is 117 Å². The quantitative estimate of drug-likeness (QED) is 0.670. The average Bonchev–Trinajstić information content (AvgIpc) is 2.83. The highest BCUT2D eigenvalue weighted by molar-refractivity contribution is 7.81. The number of hydrogen-bond donors (Lipinski definition) is 2. The molecule has 3 aromatic rings. The van der Waals surface area contributed by atoms with Gasteiger partial charge < -0.3 is 9.29 Å². The second-order valence-corrected chi connectivity index (χ2v) is 5.28. The Morgan fingerprint density at radius 1 is 1.00 bits per heavy atom. The maximum absolute atomic E-state index is 11.2. The van der Waals surface area contributed by atoms with Gasteiger partial charge in [0, 0.05) is 7.54 Å². The van der Waals surface area contributed by atoms with Crippen molar-refractivity contribution in [2.45, 2.75) is 5.89 Å². The van der Waals surface area contributed by atoms with E-state index in [4.69, 9.17) is 21.0 Å². The molecular formula is C18H15NO5S. The average molecular weight is 370 g/mol. The van der Waals surface area contributed by atoms with Crippen molar-refractivity contribution < 1.29 is 40.1 Å². The first-order valence-electron chi connectivity index (χ1n) is 12.8. The molecule has 6 nitrogen and oxygen atoms in total. The van der Waals surface area contributed by atoms with Crippen LogP contribution in [0.25, 0.3) is 0 Å². The van der Waals surface area contributed by atoms with Crippen LogP contribution in [0.3, 0.4) is 0 Å². The fourth-order valence-electron chi connectivity index (χ4n) is 1.71. The van der Waals surface area contributed by atoms with Crippen molar-refractivity contribution in [1.29, 1.82) is 0 Å². The summed E-state index contributed by atoms with van der Waals surface area (Å²) in [7, 11) is -5.36. The lowest BCUT2D eigenvalue weighted by atomic mass is 9.88. The van der Waals surface area contributed by atoms with Crippen molar-refractivity contribution in [3.8, 4) is 11.5 Å². The summed E-state index contributed by atoms with van der Waals surface area (Å²) in [6.07, 6.45) is -0.992. The number of benzene rings is 2. The fraction of sp³-hybridized carbons (Fsp3) is 0.0556. The van der Waals surface area contributed by atoms with Gasteiger partial charge in [0.25, 0.3) is 0 Å². The van der Waals surface area contributed by atoms with Gasteiger partial charge in [-0.15, -0.1) is 0 Å². The first-order chi connectivity index (χ1) is 17.3. The standard InChI is InChI=1S/C18H15NO5S/c20-15-8-4-13(5-9-15)18(17-3-1-2-12-19-17)14-6-10-16(11-7-14)24-25(21,22)23/h1-12,18,20H,(H,21,22,23)/i1D,2D,3D,4D,5D,6D,7D,8D,9D,10D,11D,12D,18D. The van der Waals surface area contributed by atoms with Gasteiger partial charge in [-0.3, -0.25) is 9.54 Å². The lowest BCUT2D eigenvalue weighted by Gasteiger charge is -2.18. The summed E-state index contributed by atoms with van der Waals surface area (Å²) in [4.78, 5) is 3.62. The van der Waals surface area contributed by atoms with E-state index in [0.717, 1.165) is 0 Å².